The molecule has 164 valence electrons. The Kier molecular flexibility index (Phi) is 10.2. The van der Waals surface area contributed by atoms with Crippen LogP contribution in [0.3, 0.4) is 0 Å². The monoisotopic (exact) mass is 392 g/mol. The fourth-order valence-corrected chi connectivity index (χ4v) is 7.01. The van der Waals surface area contributed by atoms with Crippen LogP contribution in [0.4, 0.5) is 4.39 Å². The first-order valence-corrected chi connectivity index (χ1v) is 13.3. The van der Waals surface area contributed by atoms with E-state index in [1.165, 1.54) is 116 Å². The van der Waals surface area contributed by atoms with E-state index >= 15 is 0 Å². The minimum atomic E-state index is -0.0963. The van der Waals surface area contributed by atoms with E-state index in [-0.39, 0.29) is 6.67 Å². The fraction of sp³-hybridized carbons (Fsp3) is 1.00. The molecule has 0 spiro atoms. The summed E-state index contributed by atoms with van der Waals surface area (Å²) in [6.07, 6.45) is 27.3. The lowest BCUT2D eigenvalue weighted by molar-refractivity contribution is 0.134. The summed E-state index contributed by atoms with van der Waals surface area (Å²) >= 11 is 0. The summed E-state index contributed by atoms with van der Waals surface area (Å²) in [5, 5.41) is 0. The molecule has 0 aromatic heterocycles. The van der Waals surface area contributed by atoms with Gasteiger partial charge in [-0.05, 0) is 67.6 Å². The zero-order valence-corrected chi connectivity index (χ0v) is 19.0. The first kappa shape index (κ1) is 22.6. The third-order valence-electron chi connectivity index (χ3n) is 9.13. The first-order valence-electron chi connectivity index (χ1n) is 13.3. The second-order valence-electron chi connectivity index (χ2n) is 11.0. The zero-order valence-electron chi connectivity index (χ0n) is 19.0. The highest BCUT2D eigenvalue weighted by molar-refractivity contribution is 4.83. The highest BCUT2D eigenvalue weighted by Crippen LogP contribution is 2.43. The van der Waals surface area contributed by atoms with E-state index in [4.69, 9.17) is 0 Å². The minimum Gasteiger partial charge on any atom is -0.251 e. The highest BCUT2D eigenvalue weighted by Gasteiger charge is 2.31. The number of halogens is 1. The van der Waals surface area contributed by atoms with Crippen molar-refractivity contribution >= 4 is 0 Å². The zero-order chi connectivity index (χ0) is 19.6. The Morgan fingerprint density at radius 1 is 0.500 bits per heavy atom. The van der Waals surface area contributed by atoms with Gasteiger partial charge in [-0.2, -0.15) is 0 Å². The molecule has 0 aromatic carbocycles. The topological polar surface area (TPSA) is 0 Å². The van der Waals surface area contributed by atoms with Gasteiger partial charge >= 0.3 is 0 Å². The molecule has 0 N–H and O–H groups in total. The Balaban J connectivity index is 1.24. The molecule has 3 aliphatic rings. The summed E-state index contributed by atoms with van der Waals surface area (Å²) in [4.78, 5) is 0. The van der Waals surface area contributed by atoms with Crippen LogP contribution in [0, 0.1) is 35.5 Å². The molecule has 0 amide bonds. The molecule has 0 bridgehead atoms. The lowest BCUT2D eigenvalue weighted by atomic mass is 9.68. The second-order valence-corrected chi connectivity index (χ2v) is 11.0. The van der Waals surface area contributed by atoms with Gasteiger partial charge in [0.05, 0.1) is 6.67 Å². The van der Waals surface area contributed by atoms with Crippen LogP contribution in [-0.2, 0) is 0 Å². The molecule has 3 fully saturated rings. The Hall–Kier alpha value is -0.0700. The summed E-state index contributed by atoms with van der Waals surface area (Å²) in [6.45, 7) is 2.23. The lowest BCUT2D eigenvalue weighted by Gasteiger charge is -2.38. The smallest absolute Gasteiger partial charge is 0.0897 e. The van der Waals surface area contributed by atoms with Gasteiger partial charge in [0.1, 0.15) is 0 Å². The molecule has 0 nitrogen and oxygen atoms in total. The van der Waals surface area contributed by atoms with Crippen LogP contribution in [0.5, 0.6) is 0 Å². The van der Waals surface area contributed by atoms with E-state index in [2.05, 4.69) is 6.92 Å². The minimum absolute atomic E-state index is 0.0963. The quantitative estimate of drug-likeness (QED) is 0.325. The number of alkyl halides is 1. The lowest BCUT2D eigenvalue weighted by Crippen LogP contribution is -2.26. The van der Waals surface area contributed by atoms with Crippen LogP contribution < -0.4 is 0 Å². The average molecular weight is 393 g/mol. The van der Waals surface area contributed by atoms with E-state index in [0.717, 1.165) is 36.0 Å². The van der Waals surface area contributed by atoms with Crippen molar-refractivity contribution in [3.63, 3.8) is 0 Å². The maximum absolute atomic E-state index is 12.6. The number of unbranched alkanes of at least 4 members (excludes halogenated alkanes) is 2. The van der Waals surface area contributed by atoms with Crippen LogP contribution in [-0.4, -0.2) is 6.67 Å². The summed E-state index contributed by atoms with van der Waals surface area (Å²) in [7, 11) is 0. The van der Waals surface area contributed by atoms with E-state index in [0.29, 0.717) is 5.92 Å². The van der Waals surface area contributed by atoms with Gasteiger partial charge in [0.15, 0.2) is 0 Å². The van der Waals surface area contributed by atoms with Gasteiger partial charge in [-0.3, -0.25) is 4.39 Å². The molecule has 0 aliphatic heterocycles. The van der Waals surface area contributed by atoms with Gasteiger partial charge in [-0.25, -0.2) is 0 Å². The Labute approximate surface area is 175 Å². The molecular weight excluding hydrogens is 343 g/mol. The Bertz CT molecular complexity index is 381. The summed E-state index contributed by atoms with van der Waals surface area (Å²) in [5.74, 6) is 5.88. The van der Waals surface area contributed by atoms with E-state index in [1.54, 1.807) is 0 Å². The summed E-state index contributed by atoms with van der Waals surface area (Å²) < 4.78 is 12.6. The highest BCUT2D eigenvalue weighted by atomic mass is 19.1. The van der Waals surface area contributed by atoms with Crippen LogP contribution in [0.1, 0.15) is 129 Å². The summed E-state index contributed by atoms with van der Waals surface area (Å²) in [6, 6.07) is 0. The van der Waals surface area contributed by atoms with Gasteiger partial charge < -0.3 is 0 Å². The van der Waals surface area contributed by atoms with Gasteiger partial charge in [-0.15, -0.1) is 0 Å². The SMILES string of the molecule is CCCCCC1CCC(CCC2CCC(C3CCC(CCF)CC3)CC2)CC1. The third-order valence-corrected chi connectivity index (χ3v) is 9.13. The molecule has 0 aromatic rings. The predicted octanol–water partition coefficient (Wildman–Crippen LogP) is 9.13. The normalized spacial score (nSPS) is 37.1. The Morgan fingerprint density at radius 2 is 0.893 bits per heavy atom. The maximum atomic E-state index is 12.6. The maximum Gasteiger partial charge on any atom is 0.0897 e. The number of hydrogen-bond acceptors (Lipinski definition) is 0. The van der Waals surface area contributed by atoms with Crippen molar-refractivity contribution in [1.82, 2.24) is 0 Å². The predicted molar refractivity (Wildman–Crippen MR) is 120 cm³/mol. The van der Waals surface area contributed by atoms with Crippen molar-refractivity contribution in [3.8, 4) is 0 Å². The van der Waals surface area contributed by atoms with E-state index in [1.807, 2.05) is 0 Å². The molecular formula is C27H49F. The van der Waals surface area contributed by atoms with Crippen molar-refractivity contribution in [2.24, 2.45) is 35.5 Å². The average Bonchev–Trinajstić information content (AvgIpc) is 2.75. The van der Waals surface area contributed by atoms with Crippen LogP contribution in [0.2, 0.25) is 0 Å². The molecule has 28 heavy (non-hydrogen) atoms. The van der Waals surface area contributed by atoms with Gasteiger partial charge in [-0.1, -0.05) is 96.8 Å². The molecule has 3 rings (SSSR count). The molecule has 0 radical (unpaired) electrons. The molecule has 0 heterocycles. The standard InChI is InChI=1S/C27H49F/c1-2-3-4-5-22-6-8-23(9-7-22)10-11-24-12-16-26(17-13-24)27-18-14-25(15-19-27)20-21-28/h22-27H,2-21H2,1H3. The van der Waals surface area contributed by atoms with Crippen molar-refractivity contribution in [1.29, 1.82) is 0 Å². The summed E-state index contributed by atoms with van der Waals surface area (Å²) in [5.41, 5.74) is 0. The van der Waals surface area contributed by atoms with E-state index < -0.39 is 0 Å². The van der Waals surface area contributed by atoms with Crippen molar-refractivity contribution in [2.75, 3.05) is 6.67 Å². The van der Waals surface area contributed by atoms with E-state index in [9.17, 15) is 4.39 Å². The van der Waals surface area contributed by atoms with Crippen molar-refractivity contribution in [3.05, 3.63) is 0 Å². The second kappa shape index (κ2) is 12.6. The molecule has 0 saturated heterocycles. The van der Waals surface area contributed by atoms with Gasteiger partial charge in [0.25, 0.3) is 0 Å². The number of rotatable bonds is 10. The largest absolute Gasteiger partial charge is 0.251 e. The van der Waals surface area contributed by atoms with Crippen molar-refractivity contribution in [2.45, 2.75) is 129 Å². The fourth-order valence-electron chi connectivity index (χ4n) is 7.01. The van der Waals surface area contributed by atoms with Crippen molar-refractivity contribution < 1.29 is 4.39 Å². The van der Waals surface area contributed by atoms with Crippen LogP contribution >= 0.6 is 0 Å². The molecule has 3 saturated carbocycles. The van der Waals surface area contributed by atoms with Gasteiger partial charge in [0, 0.05) is 0 Å². The van der Waals surface area contributed by atoms with Crippen LogP contribution in [0.15, 0.2) is 0 Å². The molecule has 1 heteroatoms. The Morgan fingerprint density at radius 3 is 1.32 bits per heavy atom. The van der Waals surface area contributed by atoms with Crippen LogP contribution in [0.25, 0.3) is 0 Å². The molecule has 3 aliphatic carbocycles. The third kappa shape index (κ3) is 7.32. The molecule has 0 unspecified atom stereocenters. The van der Waals surface area contributed by atoms with Gasteiger partial charge in [0.2, 0.25) is 0 Å². The first-order chi connectivity index (χ1) is 13.8. The number of hydrogen-bond donors (Lipinski definition) is 0. The molecule has 0 atom stereocenters.